The fourth-order valence-electron chi connectivity index (χ4n) is 1.52. The van der Waals surface area contributed by atoms with Crippen LogP contribution in [0.15, 0.2) is 24.4 Å². The van der Waals surface area contributed by atoms with Gasteiger partial charge in [0.15, 0.2) is 12.4 Å². The Morgan fingerprint density at radius 2 is 1.90 bits per heavy atom. The van der Waals surface area contributed by atoms with E-state index in [1.165, 1.54) is 12.3 Å². The van der Waals surface area contributed by atoms with Gasteiger partial charge in [0.05, 0.1) is 11.9 Å². The molecule has 4 N–H and O–H groups in total. The Morgan fingerprint density at radius 1 is 1.19 bits per heavy atom. The second-order valence-corrected chi connectivity index (χ2v) is 4.08. The van der Waals surface area contributed by atoms with Crippen molar-refractivity contribution in [2.24, 2.45) is 0 Å². The van der Waals surface area contributed by atoms with Gasteiger partial charge in [-0.15, -0.1) is 0 Å². The van der Waals surface area contributed by atoms with E-state index in [0.717, 1.165) is 12.1 Å². The standard InChI is InChI=1S/C12H10F4N4O/c13-6-1-2-8(17)7(3-6)9-4-19-10(18)11(20-9)21-5-12(14,15)16/h1-4H,5,17H2,(H2,18,19). The molecule has 0 spiro atoms. The van der Waals surface area contributed by atoms with Crippen molar-refractivity contribution in [3.8, 4) is 17.1 Å². The first-order chi connectivity index (χ1) is 9.76. The molecule has 2 aromatic rings. The van der Waals surface area contributed by atoms with Crippen LogP contribution in [-0.4, -0.2) is 22.8 Å². The predicted molar refractivity (Wildman–Crippen MR) is 67.8 cm³/mol. The van der Waals surface area contributed by atoms with E-state index in [1.807, 2.05) is 0 Å². The van der Waals surface area contributed by atoms with Crippen molar-refractivity contribution in [3.05, 3.63) is 30.2 Å². The minimum absolute atomic E-state index is 0.0541. The smallest absolute Gasteiger partial charge is 0.422 e. The van der Waals surface area contributed by atoms with E-state index in [1.54, 1.807) is 0 Å². The second kappa shape index (κ2) is 5.43. The molecule has 1 aromatic carbocycles. The average molecular weight is 302 g/mol. The molecule has 0 bridgehead atoms. The topological polar surface area (TPSA) is 87.0 Å². The molecule has 0 atom stereocenters. The Bertz CT molecular complexity index is 660. The molecule has 0 saturated heterocycles. The summed E-state index contributed by atoms with van der Waals surface area (Å²) in [4.78, 5) is 7.46. The SMILES string of the molecule is Nc1ccc(F)cc1-c1cnc(N)c(OCC(F)(F)F)n1. The third kappa shape index (κ3) is 3.71. The number of hydrogen-bond donors (Lipinski definition) is 2. The van der Waals surface area contributed by atoms with E-state index in [9.17, 15) is 17.6 Å². The zero-order valence-electron chi connectivity index (χ0n) is 10.5. The first kappa shape index (κ1) is 14.8. The average Bonchev–Trinajstić information content (AvgIpc) is 2.40. The van der Waals surface area contributed by atoms with Crippen LogP contribution in [0.2, 0.25) is 0 Å². The molecule has 5 nitrogen and oxygen atoms in total. The van der Waals surface area contributed by atoms with Gasteiger partial charge < -0.3 is 16.2 Å². The first-order valence-electron chi connectivity index (χ1n) is 5.64. The van der Waals surface area contributed by atoms with Crippen molar-refractivity contribution in [1.82, 2.24) is 9.97 Å². The third-order valence-electron chi connectivity index (χ3n) is 2.43. The quantitative estimate of drug-likeness (QED) is 0.671. The van der Waals surface area contributed by atoms with Crippen LogP contribution in [-0.2, 0) is 0 Å². The van der Waals surface area contributed by atoms with Gasteiger partial charge in [-0.1, -0.05) is 0 Å². The lowest BCUT2D eigenvalue weighted by Crippen LogP contribution is -2.20. The zero-order valence-corrected chi connectivity index (χ0v) is 10.5. The molecule has 21 heavy (non-hydrogen) atoms. The number of halogens is 4. The van der Waals surface area contributed by atoms with E-state index in [0.29, 0.717) is 0 Å². The number of ether oxygens (including phenoxy) is 1. The molecule has 0 amide bonds. The molecule has 9 heteroatoms. The van der Waals surface area contributed by atoms with Crippen LogP contribution < -0.4 is 16.2 Å². The highest BCUT2D eigenvalue weighted by atomic mass is 19.4. The molecule has 0 fully saturated rings. The number of anilines is 2. The van der Waals surface area contributed by atoms with Crippen molar-refractivity contribution in [2.45, 2.75) is 6.18 Å². The number of nitrogens with two attached hydrogens (primary N) is 2. The van der Waals surface area contributed by atoms with Crippen LogP contribution in [0, 0.1) is 5.82 Å². The number of nitrogens with zero attached hydrogens (tertiary/aromatic N) is 2. The van der Waals surface area contributed by atoms with Crippen molar-refractivity contribution < 1.29 is 22.3 Å². The summed E-state index contributed by atoms with van der Waals surface area (Å²) in [5.74, 6) is -1.37. The maximum Gasteiger partial charge on any atom is 0.422 e. The first-order valence-corrected chi connectivity index (χ1v) is 5.64. The number of hydrogen-bond acceptors (Lipinski definition) is 5. The third-order valence-corrected chi connectivity index (χ3v) is 2.43. The van der Waals surface area contributed by atoms with Crippen LogP contribution in [0.5, 0.6) is 5.88 Å². The van der Waals surface area contributed by atoms with E-state index >= 15 is 0 Å². The maximum absolute atomic E-state index is 13.2. The van der Waals surface area contributed by atoms with E-state index in [2.05, 4.69) is 14.7 Å². The van der Waals surface area contributed by atoms with E-state index in [-0.39, 0.29) is 22.8 Å². The lowest BCUT2D eigenvalue weighted by Gasteiger charge is -2.11. The largest absolute Gasteiger partial charge is 0.465 e. The molecule has 0 unspecified atom stereocenters. The minimum atomic E-state index is -4.54. The van der Waals surface area contributed by atoms with Gasteiger partial charge in [-0.25, -0.2) is 14.4 Å². The molecule has 1 aromatic heterocycles. The summed E-state index contributed by atoms with van der Waals surface area (Å²) >= 11 is 0. The number of aromatic nitrogens is 2. The summed E-state index contributed by atoms with van der Waals surface area (Å²) in [6, 6.07) is 3.53. The predicted octanol–water partition coefficient (Wildman–Crippen LogP) is 2.39. The Balaban J connectivity index is 2.36. The summed E-state index contributed by atoms with van der Waals surface area (Å²) in [6.45, 7) is -1.56. The fourth-order valence-corrected chi connectivity index (χ4v) is 1.52. The van der Waals surface area contributed by atoms with Crippen molar-refractivity contribution in [3.63, 3.8) is 0 Å². The number of benzene rings is 1. The lowest BCUT2D eigenvalue weighted by molar-refractivity contribution is -0.153. The van der Waals surface area contributed by atoms with Gasteiger partial charge in [0.1, 0.15) is 5.82 Å². The fraction of sp³-hybridized carbons (Fsp3) is 0.167. The Kier molecular flexibility index (Phi) is 3.83. The normalized spacial score (nSPS) is 11.4. The molecule has 0 aliphatic heterocycles. The summed E-state index contributed by atoms with van der Waals surface area (Å²) in [5.41, 5.74) is 11.5. The van der Waals surface area contributed by atoms with Crippen LogP contribution in [0.3, 0.4) is 0 Å². The molecule has 0 aliphatic rings. The van der Waals surface area contributed by atoms with Crippen molar-refractivity contribution in [2.75, 3.05) is 18.1 Å². The van der Waals surface area contributed by atoms with Gasteiger partial charge in [-0.05, 0) is 18.2 Å². The van der Waals surface area contributed by atoms with E-state index in [4.69, 9.17) is 11.5 Å². The number of alkyl halides is 3. The van der Waals surface area contributed by atoms with Gasteiger partial charge in [-0.2, -0.15) is 13.2 Å². The van der Waals surface area contributed by atoms with Crippen molar-refractivity contribution >= 4 is 11.5 Å². The zero-order chi connectivity index (χ0) is 15.6. The highest BCUT2D eigenvalue weighted by Crippen LogP contribution is 2.28. The molecule has 2 rings (SSSR count). The summed E-state index contributed by atoms with van der Waals surface area (Å²) in [7, 11) is 0. The Hall–Kier alpha value is -2.58. The minimum Gasteiger partial charge on any atom is -0.465 e. The summed E-state index contributed by atoms with van der Waals surface area (Å²) in [6.07, 6.45) is -3.37. The molecule has 0 aliphatic carbocycles. The molecular formula is C12H10F4N4O. The van der Waals surface area contributed by atoms with Gasteiger partial charge in [-0.3, -0.25) is 0 Å². The summed E-state index contributed by atoms with van der Waals surface area (Å²) in [5, 5.41) is 0. The monoisotopic (exact) mass is 302 g/mol. The lowest BCUT2D eigenvalue weighted by atomic mass is 10.1. The summed E-state index contributed by atoms with van der Waals surface area (Å²) < 4.78 is 54.1. The molecule has 112 valence electrons. The molecular weight excluding hydrogens is 292 g/mol. The van der Waals surface area contributed by atoms with Crippen LogP contribution in [0.1, 0.15) is 0 Å². The van der Waals surface area contributed by atoms with Gasteiger partial charge >= 0.3 is 6.18 Å². The number of rotatable bonds is 3. The van der Waals surface area contributed by atoms with Gasteiger partial charge in [0.2, 0.25) is 0 Å². The maximum atomic E-state index is 13.2. The van der Waals surface area contributed by atoms with Gasteiger partial charge in [0.25, 0.3) is 5.88 Å². The van der Waals surface area contributed by atoms with Crippen LogP contribution >= 0.6 is 0 Å². The Morgan fingerprint density at radius 3 is 2.57 bits per heavy atom. The van der Waals surface area contributed by atoms with E-state index < -0.39 is 24.5 Å². The van der Waals surface area contributed by atoms with Crippen molar-refractivity contribution in [1.29, 1.82) is 0 Å². The van der Waals surface area contributed by atoms with Crippen LogP contribution in [0.4, 0.5) is 29.1 Å². The molecule has 0 radical (unpaired) electrons. The molecule has 1 heterocycles. The second-order valence-electron chi connectivity index (χ2n) is 4.08. The van der Waals surface area contributed by atoms with Crippen LogP contribution in [0.25, 0.3) is 11.3 Å². The van der Waals surface area contributed by atoms with Gasteiger partial charge in [0, 0.05) is 11.3 Å². The Labute approximate surface area is 116 Å². The number of nitrogen functional groups attached to an aromatic ring is 2. The highest BCUT2D eigenvalue weighted by molar-refractivity contribution is 5.74. The molecule has 0 saturated carbocycles. The highest BCUT2D eigenvalue weighted by Gasteiger charge is 2.29.